The zero-order valence-electron chi connectivity index (χ0n) is 8.94. The second-order valence-electron chi connectivity index (χ2n) is 3.67. The van der Waals surface area contributed by atoms with E-state index in [0.29, 0.717) is 0 Å². The molecular weight excluding hydrogens is 188 g/mol. The molecule has 0 radical (unpaired) electrons. The topological polar surface area (TPSA) is 40.2 Å². The number of methoxy groups -OCH3 is 1. The Morgan fingerprint density at radius 3 is 3.00 bits per heavy atom. The van der Waals surface area contributed by atoms with Crippen LogP contribution >= 0.6 is 0 Å². The molecule has 1 aromatic heterocycles. The van der Waals surface area contributed by atoms with Crippen LogP contribution in [-0.4, -0.2) is 18.3 Å². The minimum absolute atomic E-state index is 0.800. The van der Waals surface area contributed by atoms with E-state index in [2.05, 4.69) is 22.9 Å². The molecule has 3 nitrogen and oxygen atoms in total. The average Bonchev–Trinajstić information content (AvgIpc) is 2.61. The molecule has 15 heavy (non-hydrogen) atoms. The van der Waals surface area contributed by atoms with Gasteiger partial charge in [0.15, 0.2) is 0 Å². The Kier molecular flexibility index (Phi) is 2.92. The Labute approximate surface area is 89.4 Å². The maximum Gasteiger partial charge on any atom is 0.0481 e. The van der Waals surface area contributed by atoms with Gasteiger partial charge in [0.25, 0.3) is 0 Å². The third-order valence-electron chi connectivity index (χ3n) is 2.54. The number of hydrogen-bond donors (Lipinski definition) is 1. The van der Waals surface area contributed by atoms with Gasteiger partial charge in [0.1, 0.15) is 0 Å². The fourth-order valence-corrected chi connectivity index (χ4v) is 1.79. The van der Waals surface area contributed by atoms with Crippen LogP contribution in [0.5, 0.6) is 0 Å². The Bertz CT molecular complexity index is 448. The molecule has 2 aromatic rings. The molecule has 0 bridgehead atoms. The van der Waals surface area contributed by atoms with Gasteiger partial charge < -0.3 is 15.0 Å². The van der Waals surface area contributed by atoms with Crippen molar-refractivity contribution in [2.75, 3.05) is 19.5 Å². The lowest BCUT2D eigenvalue weighted by Gasteiger charge is -2.04. The number of anilines is 1. The predicted octanol–water partition coefficient (Wildman–Crippen LogP) is 2.26. The van der Waals surface area contributed by atoms with Gasteiger partial charge in [-0.25, -0.2) is 0 Å². The van der Waals surface area contributed by atoms with Gasteiger partial charge in [-0.15, -0.1) is 0 Å². The smallest absolute Gasteiger partial charge is 0.0481 e. The first-order chi connectivity index (χ1) is 7.31. The maximum atomic E-state index is 5.73. The van der Waals surface area contributed by atoms with Crippen LogP contribution in [0.25, 0.3) is 10.9 Å². The first kappa shape index (κ1) is 10.1. The van der Waals surface area contributed by atoms with Crippen LogP contribution in [0.4, 0.5) is 5.69 Å². The molecule has 0 aliphatic carbocycles. The van der Waals surface area contributed by atoms with E-state index in [1.165, 1.54) is 10.9 Å². The third-order valence-corrected chi connectivity index (χ3v) is 2.54. The summed E-state index contributed by atoms with van der Waals surface area (Å²) < 4.78 is 7.27. The van der Waals surface area contributed by atoms with Crippen molar-refractivity contribution in [2.45, 2.75) is 13.0 Å². The summed E-state index contributed by atoms with van der Waals surface area (Å²) in [5, 5.41) is 1.20. The lowest BCUT2D eigenvalue weighted by molar-refractivity contribution is 0.190. The monoisotopic (exact) mass is 204 g/mol. The van der Waals surface area contributed by atoms with Gasteiger partial charge in [-0.3, -0.25) is 0 Å². The number of benzene rings is 1. The van der Waals surface area contributed by atoms with Crippen LogP contribution in [0.15, 0.2) is 30.5 Å². The first-order valence-corrected chi connectivity index (χ1v) is 5.14. The van der Waals surface area contributed by atoms with Gasteiger partial charge >= 0.3 is 0 Å². The molecule has 0 saturated carbocycles. The average molecular weight is 204 g/mol. The van der Waals surface area contributed by atoms with E-state index in [1.807, 2.05) is 12.1 Å². The van der Waals surface area contributed by atoms with E-state index in [4.69, 9.17) is 10.5 Å². The molecule has 0 amide bonds. The fourth-order valence-electron chi connectivity index (χ4n) is 1.79. The minimum atomic E-state index is 0.800. The van der Waals surface area contributed by atoms with Crippen molar-refractivity contribution in [3.63, 3.8) is 0 Å². The lowest BCUT2D eigenvalue weighted by atomic mass is 10.2. The Morgan fingerprint density at radius 1 is 1.33 bits per heavy atom. The van der Waals surface area contributed by atoms with Gasteiger partial charge in [-0.2, -0.15) is 0 Å². The van der Waals surface area contributed by atoms with Gasteiger partial charge in [-0.1, -0.05) is 0 Å². The van der Waals surface area contributed by atoms with Crippen molar-refractivity contribution >= 4 is 16.6 Å². The molecule has 1 aromatic carbocycles. The van der Waals surface area contributed by atoms with E-state index in [0.717, 1.165) is 25.3 Å². The number of fused-ring (bicyclic) bond motifs is 1. The molecular formula is C12H16N2O. The molecule has 0 spiro atoms. The summed E-state index contributed by atoms with van der Waals surface area (Å²) in [5.74, 6) is 0. The highest BCUT2D eigenvalue weighted by Gasteiger charge is 2.00. The predicted molar refractivity (Wildman–Crippen MR) is 62.8 cm³/mol. The highest BCUT2D eigenvalue weighted by molar-refractivity contribution is 5.83. The number of rotatable bonds is 4. The summed E-state index contributed by atoms with van der Waals surface area (Å²) >= 11 is 0. The highest BCUT2D eigenvalue weighted by atomic mass is 16.5. The number of nitrogens with two attached hydrogens (primary N) is 1. The molecule has 0 saturated heterocycles. The Hall–Kier alpha value is -1.48. The molecule has 0 aliphatic heterocycles. The van der Waals surface area contributed by atoms with E-state index in [-0.39, 0.29) is 0 Å². The highest BCUT2D eigenvalue weighted by Crippen LogP contribution is 2.18. The van der Waals surface area contributed by atoms with Gasteiger partial charge in [0.2, 0.25) is 0 Å². The molecule has 1 heterocycles. The van der Waals surface area contributed by atoms with Gasteiger partial charge in [-0.05, 0) is 30.7 Å². The van der Waals surface area contributed by atoms with Gasteiger partial charge in [0, 0.05) is 43.0 Å². The van der Waals surface area contributed by atoms with Crippen LogP contribution in [0.3, 0.4) is 0 Å². The fraction of sp³-hybridized carbons (Fsp3) is 0.333. The molecule has 2 N–H and O–H groups in total. The van der Waals surface area contributed by atoms with Crippen LogP contribution in [-0.2, 0) is 11.3 Å². The summed E-state index contributed by atoms with van der Waals surface area (Å²) in [6, 6.07) is 8.10. The number of nitrogen functional groups attached to an aromatic ring is 1. The largest absolute Gasteiger partial charge is 0.399 e. The number of aryl methyl sites for hydroxylation is 1. The van der Waals surface area contributed by atoms with Crippen LogP contribution in [0.2, 0.25) is 0 Å². The minimum Gasteiger partial charge on any atom is -0.399 e. The third kappa shape index (κ3) is 2.13. The van der Waals surface area contributed by atoms with Crippen molar-refractivity contribution < 1.29 is 4.74 Å². The van der Waals surface area contributed by atoms with Crippen LogP contribution < -0.4 is 5.73 Å². The van der Waals surface area contributed by atoms with Gasteiger partial charge in [0.05, 0.1) is 0 Å². The van der Waals surface area contributed by atoms with Crippen molar-refractivity contribution in [2.24, 2.45) is 0 Å². The Morgan fingerprint density at radius 2 is 2.20 bits per heavy atom. The summed E-state index contributed by atoms with van der Waals surface area (Å²) in [4.78, 5) is 0. The second kappa shape index (κ2) is 4.36. The van der Waals surface area contributed by atoms with E-state index in [1.54, 1.807) is 7.11 Å². The standard InChI is InChI=1S/C12H16N2O/c1-15-8-2-6-14-7-5-10-9-11(13)3-4-12(10)14/h3-5,7,9H,2,6,8,13H2,1H3. The zero-order valence-corrected chi connectivity index (χ0v) is 8.94. The van der Waals surface area contributed by atoms with Crippen LogP contribution in [0, 0.1) is 0 Å². The first-order valence-electron chi connectivity index (χ1n) is 5.14. The van der Waals surface area contributed by atoms with Crippen molar-refractivity contribution in [3.05, 3.63) is 30.5 Å². The number of aromatic nitrogens is 1. The zero-order chi connectivity index (χ0) is 10.7. The quantitative estimate of drug-likeness (QED) is 0.613. The van der Waals surface area contributed by atoms with E-state index >= 15 is 0 Å². The summed E-state index contributed by atoms with van der Waals surface area (Å²) in [7, 11) is 1.73. The molecule has 2 rings (SSSR count). The van der Waals surface area contributed by atoms with Crippen molar-refractivity contribution in [3.8, 4) is 0 Å². The number of ether oxygens (including phenoxy) is 1. The van der Waals surface area contributed by atoms with Crippen LogP contribution in [0.1, 0.15) is 6.42 Å². The lowest BCUT2D eigenvalue weighted by Crippen LogP contribution is -1.99. The summed E-state index contributed by atoms with van der Waals surface area (Å²) in [6.45, 7) is 1.79. The molecule has 0 aliphatic rings. The summed E-state index contributed by atoms with van der Waals surface area (Å²) in [6.07, 6.45) is 3.13. The molecule has 3 heteroatoms. The van der Waals surface area contributed by atoms with E-state index < -0.39 is 0 Å². The second-order valence-corrected chi connectivity index (χ2v) is 3.67. The summed E-state index contributed by atoms with van der Waals surface area (Å²) in [5.41, 5.74) is 7.78. The van der Waals surface area contributed by atoms with Crippen molar-refractivity contribution in [1.82, 2.24) is 4.57 Å². The molecule has 80 valence electrons. The normalized spacial score (nSPS) is 11.0. The number of nitrogens with zero attached hydrogens (tertiary/aromatic N) is 1. The van der Waals surface area contributed by atoms with Crippen molar-refractivity contribution in [1.29, 1.82) is 0 Å². The number of hydrogen-bond acceptors (Lipinski definition) is 2. The molecule has 0 atom stereocenters. The molecule has 0 fully saturated rings. The maximum absolute atomic E-state index is 5.73. The SMILES string of the molecule is COCCCn1ccc2cc(N)ccc21. The van der Waals surface area contributed by atoms with E-state index in [9.17, 15) is 0 Å². The Balaban J connectivity index is 2.21. The molecule has 0 unspecified atom stereocenters.